The molecule has 0 aliphatic rings. The maximum Gasteiger partial charge on any atom is 0.221 e. The van der Waals surface area contributed by atoms with Crippen molar-refractivity contribution in [2.24, 2.45) is 0 Å². The highest BCUT2D eigenvalue weighted by molar-refractivity contribution is 6.30. The molecule has 0 spiro atoms. The number of hydrogen-bond donors (Lipinski definition) is 0. The van der Waals surface area contributed by atoms with E-state index in [0.717, 1.165) is 5.82 Å². The van der Waals surface area contributed by atoms with E-state index >= 15 is 0 Å². The van der Waals surface area contributed by atoms with Crippen molar-refractivity contribution in [3.63, 3.8) is 0 Å². The summed E-state index contributed by atoms with van der Waals surface area (Å²) in [6.45, 7) is 0. The first-order valence-electron chi connectivity index (χ1n) is 5.70. The van der Waals surface area contributed by atoms with Crippen LogP contribution in [0, 0.1) is 0 Å². The van der Waals surface area contributed by atoms with Crippen molar-refractivity contribution in [2.45, 2.75) is 0 Å². The molecule has 0 bridgehead atoms. The summed E-state index contributed by atoms with van der Waals surface area (Å²) in [4.78, 5) is 8.39. The molecule has 0 saturated carbocycles. The number of rotatable bonds is 3. The molecule has 0 unspecified atom stereocenters. The first-order chi connectivity index (χ1) is 9.31. The average molecular weight is 272 g/mol. The Balaban J connectivity index is 1.85. The van der Waals surface area contributed by atoms with Gasteiger partial charge in [-0.2, -0.15) is 4.98 Å². The molecule has 0 atom stereocenters. The number of aromatic nitrogens is 3. The summed E-state index contributed by atoms with van der Waals surface area (Å²) >= 11 is 5.83. The number of hydrogen-bond acceptors (Lipinski definition) is 3. The summed E-state index contributed by atoms with van der Waals surface area (Å²) in [5.74, 6) is 1.97. The lowest BCUT2D eigenvalue weighted by Crippen LogP contribution is -1.96. The Hall–Kier alpha value is -2.33. The van der Waals surface area contributed by atoms with Gasteiger partial charge >= 0.3 is 0 Å². The molecule has 0 aliphatic carbocycles. The van der Waals surface area contributed by atoms with Gasteiger partial charge in [-0.05, 0) is 30.3 Å². The van der Waals surface area contributed by atoms with Crippen LogP contribution in [0.5, 0.6) is 11.6 Å². The molecule has 5 heteroatoms. The zero-order chi connectivity index (χ0) is 13.1. The lowest BCUT2D eigenvalue weighted by molar-refractivity contribution is 0.462. The second-order valence-electron chi connectivity index (χ2n) is 3.86. The van der Waals surface area contributed by atoms with Crippen LogP contribution in [0.2, 0.25) is 5.02 Å². The van der Waals surface area contributed by atoms with Crippen LogP contribution in [0.25, 0.3) is 5.82 Å². The third kappa shape index (κ3) is 2.74. The van der Waals surface area contributed by atoms with Crippen molar-refractivity contribution in [3.05, 3.63) is 66.2 Å². The number of halogens is 1. The highest BCUT2D eigenvalue weighted by atomic mass is 35.5. The number of benzene rings is 1. The fraction of sp³-hybridized carbons (Fsp3) is 0. The topological polar surface area (TPSA) is 39.9 Å². The fourth-order valence-corrected chi connectivity index (χ4v) is 1.75. The van der Waals surface area contributed by atoms with Crippen LogP contribution >= 0.6 is 11.6 Å². The maximum absolute atomic E-state index is 5.83. The second kappa shape index (κ2) is 5.12. The SMILES string of the molecule is Clc1ccc(Oc2cccc(-n3ccnc3)n2)cc1. The molecule has 0 fully saturated rings. The number of ether oxygens (including phenoxy) is 1. The Morgan fingerprint density at radius 1 is 1.05 bits per heavy atom. The Morgan fingerprint density at radius 2 is 1.89 bits per heavy atom. The third-order valence-electron chi connectivity index (χ3n) is 2.51. The summed E-state index contributed by atoms with van der Waals surface area (Å²) in [6, 6.07) is 12.7. The molecule has 3 rings (SSSR count). The standard InChI is InChI=1S/C14H10ClN3O/c15-11-4-6-12(7-5-11)19-14-3-1-2-13(17-14)18-9-8-16-10-18/h1-10H. The van der Waals surface area contributed by atoms with Gasteiger partial charge in [0.25, 0.3) is 0 Å². The van der Waals surface area contributed by atoms with E-state index in [9.17, 15) is 0 Å². The van der Waals surface area contributed by atoms with E-state index in [1.165, 1.54) is 0 Å². The zero-order valence-electron chi connectivity index (χ0n) is 9.90. The minimum absolute atomic E-state index is 0.522. The third-order valence-corrected chi connectivity index (χ3v) is 2.77. The molecular formula is C14H10ClN3O. The molecule has 94 valence electrons. The zero-order valence-corrected chi connectivity index (χ0v) is 10.7. The minimum Gasteiger partial charge on any atom is -0.439 e. The van der Waals surface area contributed by atoms with E-state index < -0.39 is 0 Å². The van der Waals surface area contributed by atoms with Crippen LogP contribution in [-0.2, 0) is 0 Å². The highest BCUT2D eigenvalue weighted by Crippen LogP contribution is 2.22. The quantitative estimate of drug-likeness (QED) is 0.729. The van der Waals surface area contributed by atoms with Crippen LogP contribution in [-0.4, -0.2) is 14.5 Å². The first-order valence-corrected chi connectivity index (χ1v) is 6.08. The van der Waals surface area contributed by atoms with E-state index in [1.54, 1.807) is 42.9 Å². The minimum atomic E-state index is 0.522. The van der Waals surface area contributed by atoms with Crippen molar-refractivity contribution in [1.82, 2.24) is 14.5 Å². The second-order valence-corrected chi connectivity index (χ2v) is 4.30. The predicted octanol–water partition coefficient (Wildman–Crippen LogP) is 3.71. The Kier molecular flexibility index (Phi) is 3.16. The van der Waals surface area contributed by atoms with E-state index in [1.807, 2.05) is 22.9 Å². The van der Waals surface area contributed by atoms with Crippen molar-refractivity contribution in [3.8, 4) is 17.4 Å². The van der Waals surface area contributed by atoms with Crippen LogP contribution in [0.1, 0.15) is 0 Å². The van der Waals surface area contributed by atoms with Crippen molar-refractivity contribution in [2.75, 3.05) is 0 Å². The van der Waals surface area contributed by atoms with Crippen LogP contribution in [0.4, 0.5) is 0 Å². The smallest absolute Gasteiger partial charge is 0.221 e. The molecule has 0 radical (unpaired) electrons. The Morgan fingerprint density at radius 3 is 2.63 bits per heavy atom. The molecule has 0 saturated heterocycles. The van der Waals surface area contributed by atoms with Crippen molar-refractivity contribution in [1.29, 1.82) is 0 Å². The monoisotopic (exact) mass is 271 g/mol. The molecule has 0 amide bonds. The van der Waals surface area contributed by atoms with Gasteiger partial charge in [0.15, 0.2) is 0 Å². The average Bonchev–Trinajstić information content (AvgIpc) is 2.96. The highest BCUT2D eigenvalue weighted by Gasteiger charge is 2.02. The summed E-state index contributed by atoms with van der Waals surface area (Å²) in [6.07, 6.45) is 5.22. The Labute approximate surface area is 115 Å². The number of nitrogens with zero attached hydrogens (tertiary/aromatic N) is 3. The van der Waals surface area contributed by atoms with Crippen molar-refractivity contribution < 1.29 is 4.74 Å². The van der Waals surface area contributed by atoms with Crippen LogP contribution in [0.3, 0.4) is 0 Å². The van der Waals surface area contributed by atoms with Gasteiger partial charge < -0.3 is 4.74 Å². The lowest BCUT2D eigenvalue weighted by Gasteiger charge is -2.06. The molecule has 19 heavy (non-hydrogen) atoms. The largest absolute Gasteiger partial charge is 0.439 e. The molecule has 2 heterocycles. The summed E-state index contributed by atoms with van der Waals surface area (Å²) in [7, 11) is 0. The van der Waals surface area contributed by atoms with E-state index in [-0.39, 0.29) is 0 Å². The van der Waals surface area contributed by atoms with Crippen LogP contribution < -0.4 is 4.74 Å². The lowest BCUT2D eigenvalue weighted by atomic mass is 10.3. The maximum atomic E-state index is 5.83. The molecule has 1 aromatic carbocycles. The van der Waals surface area contributed by atoms with Gasteiger partial charge in [-0.25, -0.2) is 4.98 Å². The summed E-state index contributed by atoms with van der Waals surface area (Å²) in [5.41, 5.74) is 0. The van der Waals surface area contributed by atoms with Gasteiger partial charge in [0.2, 0.25) is 5.88 Å². The van der Waals surface area contributed by atoms with E-state index in [0.29, 0.717) is 16.7 Å². The molecule has 2 aromatic heterocycles. The summed E-state index contributed by atoms with van der Waals surface area (Å²) < 4.78 is 7.48. The van der Waals surface area contributed by atoms with Gasteiger partial charge in [-0.15, -0.1) is 0 Å². The van der Waals surface area contributed by atoms with E-state index in [2.05, 4.69) is 9.97 Å². The molecule has 0 aliphatic heterocycles. The molecular weight excluding hydrogens is 262 g/mol. The normalized spacial score (nSPS) is 10.4. The number of imidazole rings is 1. The fourth-order valence-electron chi connectivity index (χ4n) is 1.62. The van der Waals surface area contributed by atoms with Crippen molar-refractivity contribution >= 4 is 11.6 Å². The molecule has 4 nitrogen and oxygen atoms in total. The predicted molar refractivity (Wildman–Crippen MR) is 72.9 cm³/mol. The first kappa shape index (κ1) is 11.7. The molecule has 3 aromatic rings. The Bertz CT molecular complexity index is 665. The van der Waals surface area contributed by atoms with E-state index in [4.69, 9.17) is 16.3 Å². The van der Waals surface area contributed by atoms with Gasteiger partial charge in [0.1, 0.15) is 17.9 Å². The van der Waals surface area contributed by atoms with Gasteiger partial charge in [-0.1, -0.05) is 17.7 Å². The van der Waals surface area contributed by atoms with Gasteiger partial charge in [0.05, 0.1) is 0 Å². The molecule has 0 N–H and O–H groups in total. The van der Waals surface area contributed by atoms with Gasteiger partial charge in [0, 0.05) is 23.5 Å². The summed E-state index contributed by atoms with van der Waals surface area (Å²) in [5, 5.41) is 0.674. The van der Waals surface area contributed by atoms with Gasteiger partial charge in [-0.3, -0.25) is 4.57 Å². The number of pyridine rings is 1. The van der Waals surface area contributed by atoms with Crippen LogP contribution in [0.15, 0.2) is 61.2 Å².